The van der Waals surface area contributed by atoms with Crippen LogP contribution in [0.25, 0.3) is 0 Å². The highest BCUT2D eigenvalue weighted by molar-refractivity contribution is 6.29. The van der Waals surface area contributed by atoms with Crippen molar-refractivity contribution >= 4 is 11.6 Å². The maximum atomic E-state index is 12.3. The molecule has 0 spiro atoms. The van der Waals surface area contributed by atoms with Crippen molar-refractivity contribution in [2.24, 2.45) is 0 Å². The summed E-state index contributed by atoms with van der Waals surface area (Å²) >= 11 is 5.81. The Morgan fingerprint density at radius 3 is 2.95 bits per heavy atom. The summed E-state index contributed by atoms with van der Waals surface area (Å²) < 4.78 is 0. The van der Waals surface area contributed by atoms with Gasteiger partial charge in [-0.2, -0.15) is 0 Å². The van der Waals surface area contributed by atoms with E-state index in [0.717, 1.165) is 55.0 Å². The maximum absolute atomic E-state index is 12.3. The van der Waals surface area contributed by atoms with Gasteiger partial charge in [-0.3, -0.25) is 9.69 Å². The first kappa shape index (κ1) is 13.9. The average Bonchev–Trinajstić information content (AvgIpc) is 3.35. The molecule has 2 aliphatic rings. The van der Waals surface area contributed by atoms with Gasteiger partial charge in [0.15, 0.2) is 0 Å². The van der Waals surface area contributed by atoms with Crippen LogP contribution < -0.4 is 5.56 Å². The Hall–Kier alpha value is -1.72. The lowest BCUT2D eigenvalue weighted by molar-refractivity contribution is 0.241. The summed E-state index contributed by atoms with van der Waals surface area (Å²) in [5, 5.41) is 0.501. The number of hydrogen-bond acceptors (Lipinski definition) is 4. The molecule has 2 aromatic rings. The molecular formula is C16H17ClN4O. The van der Waals surface area contributed by atoms with Crippen molar-refractivity contribution < 1.29 is 0 Å². The summed E-state index contributed by atoms with van der Waals surface area (Å²) in [4.78, 5) is 26.3. The number of aromatic nitrogens is 3. The minimum atomic E-state index is 0.0332. The normalized spacial score (nSPS) is 18.2. The van der Waals surface area contributed by atoms with E-state index < -0.39 is 0 Å². The molecule has 0 bridgehead atoms. The van der Waals surface area contributed by atoms with Gasteiger partial charge in [0.2, 0.25) is 0 Å². The zero-order valence-corrected chi connectivity index (χ0v) is 12.9. The van der Waals surface area contributed by atoms with Crippen molar-refractivity contribution in [3.05, 3.63) is 56.5 Å². The van der Waals surface area contributed by atoms with E-state index in [9.17, 15) is 4.79 Å². The predicted octanol–water partition coefficient (Wildman–Crippen LogP) is 2.25. The molecule has 1 N–H and O–H groups in total. The second kappa shape index (κ2) is 5.48. The third-order valence-electron chi connectivity index (χ3n) is 4.32. The lowest BCUT2D eigenvalue weighted by Gasteiger charge is -2.27. The highest BCUT2D eigenvalue weighted by atomic mass is 35.5. The molecule has 114 valence electrons. The van der Waals surface area contributed by atoms with E-state index in [1.165, 1.54) is 0 Å². The Labute approximate surface area is 133 Å². The number of rotatable bonds is 3. The molecule has 1 fully saturated rings. The Kier molecular flexibility index (Phi) is 3.47. The molecule has 6 heteroatoms. The third kappa shape index (κ3) is 2.78. The molecule has 0 atom stereocenters. The number of aromatic amines is 1. The molecule has 3 heterocycles. The summed E-state index contributed by atoms with van der Waals surface area (Å²) in [5.74, 6) is 1.37. The van der Waals surface area contributed by atoms with Gasteiger partial charge in [0, 0.05) is 38.2 Å². The lowest BCUT2D eigenvalue weighted by Crippen LogP contribution is -2.35. The van der Waals surface area contributed by atoms with Crippen molar-refractivity contribution in [1.82, 2.24) is 19.9 Å². The van der Waals surface area contributed by atoms with E-state index >= 15 is 0 Å². The molecule has 0 amide bonds. The molecular weight excluding hydrogens is 300 g/mol. The van der Waals surface area contributed by atoms with Gasteiger partial charge in [-0.1, -0.05) is 17.7 Å². The van der Waals surface area contributed by atoms with E-state index in [1.807, 2.05) is 6.07 Å². The van der Waals surface area contributed by atoms with Crippen LogP contribution in [0.4, 0.5) is 0 Å². The second-order valence-corrected chi connectivity index (χ2v) is 6.49. The molecule has 0 radical (unpaired) electrons. The number of fused-ring (bicyclic) bond motifs is 1. The van der Waals surface area contributed by atoms with Crippen LogP contribution in [-0.2, 0) is 19.5 Å². The molecule has 1 aliphatic carbocycles. The molecule has 0 aromatic carbocycles. The predicted molar refractivity (Wildman–Crippen MR) is 83.9 cm³/mol. The fourth-order valence-electron chi connectivity index (χ4n) is 2.94. The molecule has 0 unspecified atom stereocenters. The lowest BCUT2D eigenvalue weighted by atomic mass is 10.1. The molecule has 0 saturated heterocycles. The van der Waals surface area contributed by atoms with Gasteiger partial charge in [0.05, 0.1) is 11.3 Å². The van der Waals surface area contributed by atoms with Crippen LogP contribution in [0.3, 0.4) is 0 Å². The summed E-state index contributed by atoms with van der Waals surface area (Å²) in [7, 11) is 0. The van der Waals surface area contributed by atoms with Crippen molar-refractivity contribution in [2.75, 3.05) is 6.54 Å². The Balaban J connectivity index is 1.53. The number of nitrogens with one attached hydrogen (secondary N) is 1. The monoisotopic (exact) mass is 316 g/mol. The Morgan fingerprint density at radius 1 is 1.36 bits per heavy atom. The fourth-order valence-corrected chi connectivity index (χ4v) is 3.06. The first-order valence-corrected chi connectivity index (χ1v) is 8.01. The van der Waals surface area contributed by atoms with Gasteiger partial charge in [0.25, 0.3) is 5.56 Å². The van der Waals surface area contributed by atoms with Crippen LogP contribution in [0.15, 0.2) is 23.1 Å². The molecule has 22 heavy (non-hydrogen) atoms. The first-order chi connectivity index (χ1) is 10.7. The molecule has 1 saturated carbocycles. The van der Waals surface area contributed by atoms with Crippen LogP contribution in [0.2, 0.25) is 5.15 Å². The van der Waals surface area contributed by atoms with Crippen molar-refractivity contribution in [3.63, 3.8) is 0 Å². The van der Waals surface area contributed by atoms with Crippen LogP contribution >= 0.6 is 11.6 Å². The van der Waals surface area contributed by atoms with Crippen LogP contribution in [0.5, 0.6) is 0 Å². The number of H-pyrrole nitrogens is 1. The van der Waals surface area contributed by atoms with Crippen LogP contribution in [-0.4, -0.2) is 26.4 Å². The zero-order chi connectivity index (χ0) is 15.1. The van der Waals surface area contributed by atoms with Crippen molar-refractivity contribution in [1.29, 1.82) is 0 Å². The van der Waals surface area contributed by atoms with Crippen LogP contribution in [0, 0.1) is 0 Å². The number of nitrogens with zero attached hydrogens (tertiary/aromatic N) is 3. The minimum absolute atomic E-state index is 0.0332. The van der Waals surface area contributed by atoms with Gasteiger partial charge >= 0.3 is 0 Å². The molecule has 4 rings (SSSR count). The van der Waals surface area contributed by atoms with E-state index in [0.29, 0.717) is 17.6 Å². The zero-order valence-electron chi connectivity index (χ0n) is 12.2. The largest absolute Gasteiger partial charge is 0.310 e. The van der Waals surface area contributed by atoms with Gasteiger partial charge in [-0.05, 0) is 24.5 Å². The van der Waals surface area contributed by atoms with E-state index in [2.05, 4.69) is 19.9 Å². The SMILES string of the molecule is O=c1[nH]c(C2CC2)nc2c1CN(Cc1ccc(Cl)nc1)CC2. The maximum Gasteiger partial charge on any atom is 0.255 e. The van der Waals surface area contributed by atoms with E-state index in [4.69, 9.17) is 11.6 Å². The summed E-state index contributed by atoms with van der Waals surface area (Å²) in [6, 6.07) is 3.77. The molecule has 1 aliphatic heterocycles. The van der Waals surface area contributed by atoms with Crippen molar-refractivity contribution in [3.8, 4) is 0 Å². The number of pyridine rings is 1. The summed E-state index contributed by atoms with van der Waals surface area (Å²) in [6.45, 7) is 2.33. The van der Waals surface area contributed by atoms with Gasteiger partial charge in [-0.15, -0.1) is 0 Å². The second-order valence-electron chi connectivity index (χ2n) is 6.10. The van der Waals surface area contributed by atoms with Gasteiger partial charge in [-0.25, -0.2) is 9.97 Å². The van der Waals surface area contributed by atoms with Crippen molar-refractivity contribution in [2.45, 2.75) is 38.3 Å². The Bertz CT molecular complexity index is 752. The van der Waals surface area contributed by atoms with E-state index in [-0.39, 0.29) is 5.56 Å². The van der Waals surface area contributed by atoms with Gasteiger partial charge < -0.3 is 4.98 Å². The smallest absolute Gasteiger partial charge is 0.255 e. The van der Waals surface area contributed by atoms with E-state index in [1.54, 1.807) is 12.3 Å². The summed E-state index contributed by atoms with van der Waals surface area (Å²) in [5.41, 5.74) is 2.94. The first-order valence-electron chi connectivity index (χ1n) is 7.64. The molecule has 5 nitrogen and oxygen atoms in total. The topological polar surface area (TPSA) is 61.9 Å². The third-order valence-corrected chi connectivity index (χ3v) is 4.55. The van der Waals surface area contributed by atoms with Crippen LogP contribution in [0.1, 0.15) is 41.4 Å². The highest BCUT2D eigenvalue weighted by Crippen LogP contribution is 2.37. The molecule has 2 aromatic heterocycles. The standard InChI is InChI=1S/C16H17ClN4O/c17-14-4-1-10(7-18-14)8-21-6-5-13-12(9-21)16(22)20-15(19-13)11-2-3-11/h1,4,7,11H,2-3,5-6,8-9H2,(H,19,20,22). The number of hydrogen-bond donors (Lipinski definition) is 1. The highest BCUT2D eigenvalue weighted by Gasteiger charge is 2.29. The number of halogens is 1. The summed E-state index contributed by atoms with van der Waals surface area (Å²) in [6.07, 6.45) is 4.92. The quantitative estimate of drug-likeness (QED) is 0.882. The fraction of sp³-hybridized carbons (Fsp3) is 0.438. The average molecular weight is 317 g/mol. The minimum Gasteiger partial charge on any atom is -0.310 e. The Morgan fingerprint density at radius 2 is 2.23 bits per heavy atom. The van der Waals surface area contributed by atoms with Gasteiger partial charge in [0.1, 0.15) is 11.0 Å².